The van der Waals surface area contributed by atoms with Gasteiger partial charge in [-0.05, 0) is 31.2 Å². The highest BCUT2D eigenvalue weighted by molar-refractivity contribution is 5.88. The third kappa shape index (κ3) is 2.83. The molecule has 0 spiro atoms. The molecule has 0 fully saturated rings. The number of imidazole rings is 1. The summed E-state index contributed by atoms with van der Waals surface area (Å²) < 4.78 is 3.64. The van der Waals surface area contributed by atoms with E-state index in [0.29, 0.717) is 5.82 Å². The number of aryl methyl sites for hydroxylation is 2. The van der Waals surface area contributed by atoms with Crippen molar-refractivity contribution in [2.45, 2.75) is 13.8 Å². The van der Waals surface area contributed by atoms with Crippen molar-refractivity contribution in [2.24, 2.45) is 7.05 Å². The normalized spacial score (nSPS) is 11.0. The van der Waals surface area contributed by atoms with Gasteiger partial charge in [-0.3, -0.25) is 18.9 Å². The van der Waals surface area contributed by atoms with Crippen molar-refractivity contribution in [1.82, 2.24) is 24.1 Å². The first-order valence-corrected chi connectivity index (χ1v) is 8.24. The van der Waals surface area contributed by atoms with Crippen molar-refractivity contribution in [1.29, 1.82) is 0 Å². The third-order valence-electron chi connectivity index (χ3n) is 4.08. The molecule has 7 heteroatoms. The molecule has 4 rings (SSSR count). The topological polar surface area (TPSA) is 77.1 Å². The van der Waals surface area contributed by atoms with E-state index in [2.05, 4.69) is 20.4 Å². The van der Waals surface area contributed by atoms with Crippen molar-refractivity contribution in [3.8, 4) is 22.5 Å². The number of pyridine rings is 2. The standard InChI is InChI=1S/C19H18N6O/c1-12-5-4-6-16(21-12)19-15(11-24(3)23-19)14-7-8-17-20-9-18(22-13(2)26)25(17)10-14/h4-11H,1-3H3,(H,22,26). The molecule has 1 N–H and O–H groups in total. The van der Waals surface area contributed by atoms with Gasteiger partial charge in [0.1, 0.15) is 17.2 Å². The van der Waals surface area contributed by atoms with Gasteiger partial charge >= 0.3 is 0 Å². The van der Waals surface area contributed by atoms with E-state index in [1.54, 1.807) is 10.9 Å². The van der Waals surface area contributed by atoms with Crippen LogP contribution >= 0.6 is 0 Å². The maximum Gasteiger partial charge on any atom is 0.222 e. The number of fused-ring (bicyclic) bond motifs is 1. The summed E-state index contributed by atoms with van der Waals surface area (Å²) in [5, 5.41) is 7.39. The molecule has 0 aromatic carbocycles. The van der Waals surface area contributed by atoms with Crippen LogP contribution in [0.25, 0.3) is 28.2 Å². The van der Waals surface area contributed by atoms with E-state index >= 15 is 0 Å². The molecule has 0 aliphatic carbocycles. The number of aromatic nitrogens is 5. The Morgan fingerprint density at radius 3 is 2.77 bits per heavy atom. The van der Waals surface area contributed by atoms with Gasteiger partial charge in [0.15, 0.2) is 0 Å². The molecule has 4 aromatic heterocycles. The van der Waals surface area contributed by atoms with Crippen LogP contribution in [-0.2, 0) is 11.8 Å². The van der Waals surface area contributed by atoms with Crippen molar-refractivity contribution >= 4 is 17.4 Å². The molecule has 0 bridgehead atoms. The van der Waals surface area contributed by atoms with Crippen LogP contribution in [0.3, 0.4) is 0 Å². The van der Waals surface area contributed by atoms with Crippen LogP contribution in [0.15, 0.2) is 48.9 Å². The zero-order chi connectivity index (χ0) is 18.3. The van der Waals surface area contributed by atoms with Crippen LogP contribution in [0.1, 0.15) is 12.6 Å². The average molecular weight is 346 g/mol. The Hall–Kier alpha value is -3.48. The number of hydrogen-bond donors (Lipinski definition) is 1. The Morgan fingerprint density at radius 1 is 1.15 bits per heavy atom. The Bertz CT molecular complexity index is 1120. The van der Waals surface area contributed by atoms with E-state index < -0.39 is 0 Å². The Kier molecular flexibility index (Phi) is 3.76. The number of nitrogens with one attached hydrogen (secondary N) is 1. The quantitative estimate of drug-likeness (QED) is 0.618. The zero-order valence-corrected chi connectivity index (χ0v) is 14.8. The lowest BCUT2D eigenvalue weighted by Crippen LogP contribution is -2.07. The summed E-state index contributed by atoms with van der Waals surface area (Å²) in [7, 11) is 1.89. The molecule has 7 nitrogen and oxygen atoms in total. The van der Waals surface area contributed by atoms with Crippen LogP contribution in [0.4, 0.5) is 5.82 Å². The molecule has 0 saturated heterocycles. The van der Waals surface area contributed by atoms with Crippen molar-refractivity contribution in [3.05, 3.63) is 54.6 Å². The highest BCUT2D eigenvalue weighted by atomic mass is 16.1. The highest BCUT2D eigenvalue weighted by Gasteiger charge is 2.15. The Labute approximate surface area is 150 Å². The fourth-order valence-corrected chi connectivity index (χ4v) is 2.98. The number of amides is 1. The second-order valence-corrected chi connectivity index (χ2v) is 6.20. The van der Waals surface area contributed by atoms with Crippen molar-refractivity contribution in [3.63, 3.8) is 0 Å². The maximum absolute atomic E-state index is 11.4. The summed E-state index contributed by atoms with van der Waals surface area (Å²) in [6, 6.07) is 9.81. The molecule has 4 heterocycles. The average Bonchev–Trinajstić information content (AvgIpc) is 3.18. The number of nitrogens with zero attached hydrogens (tertiary/aromatic N) is 5. The number of anilines is 1. The molecular formula is C19H18N6O. The molecule has 1 amide bonds. The van der Waals surface area contributed by atoms with Gasteiger partial charge in [-0.1, -0.05) is 6.07 Å². The first-order chi connectivity index (χ1) is 12.5. The molecule has 0 aliphatic heterocycles. The molecule has 0 saturated carbocycles. The van der Waals surface area contributed by atoms with E-state index in [1.807, 2.05) is 61.1 Å². The van der Waals surface area contributed by atoms with Gasteiger partial charge in [0.2, 0.25) is 5.91 Å². The summed E-state index contributed by atoms with van der Waals surface area (Å²) in [6.45, 7) is 3.44. The predicted molar refractivity (Wildman–Crippen MR) is 99.7 cm³/mol. The van der Waals surface area contributed by atoms with Gasteiger partial charge in [-0.2, -0.15) is 5.10 Å². The van der Waals surface area contributed by atoms with Gasteiger partial charge < -0.3 is 5.32 Å². The lowest BCUT2D eigenvalue weighted by molar-refractivity contribution is -0.114. The summed E-state index contributed by atoms with van der Waals surface area (Å²) in [5.41, 5.74) is 5.28. The Balaban J connectivity index is 1.87. The third-order valence-corrected chi connectivity index (χ3v) is 4.08. The van der Waals surface area contributed by atoms with E-state index in [9.17, 15) is 4.79 Å². The molecular weight excluding hydrogens is 328 g/mol. The number of rotatable bonds is 3. The molecule has 0 aliphatic rings. The van der Waals surface area contributed by atoms with E-state index in [1.165, 1.54) is 6.92 Å². The van der Waals surface area contributed by atoms with E-state index in [0.717, 1.165) is 33.9 Å². The predicted octanol–water partition coefficient (Wildman–Crippen LogP) is 3.06. The van der Waals surface area contributed by atoms with Gasteiger partial charge in [-0.15, -0.1) is 0 Å². The Morgan fingerprint density at radius 2 is 2.00 bits per heavy atom. The lowest BCUT2D eigenvalue weighted by Gasteiger charge is -2.06. The zero-order valence-electron chi connectivity index (χ0n) is 14.8. The minimum Gasteiger partial charge on any atom is -0.311 e. The van der Waals surface area contributed by atoms with Crippen molar-refractivity contribution < 1.29 is 4.79 Å². The summed E-state index contributed by atoms with van der Waals surface area (Å²) in [6.07, 6.45) is 5.56. The van der Waals surface area contributed by atoms with Crippen LogP contribution in [0, 0.1) is 6.92 Å². The maximum atomic E-state index is 11.4. The summed E-state index contributed by atoms with van der Waals surface area (Å²) in [5.74, 6) is 0.497. The second kappa shape index (κ2) is 6.11. The molecule has 0 atom stereocenters. The minimum absolute atomic E-state index is 0.136. The first-order valence-electron chi connectivity index (χ1n) is 8.24. The van der Waals surface area contributed by atoms with Gasteiger partial charge in [0, 0.05) is 43.2 Å². The van der Waals surface area contributed by atoms with Crippen LogP contribution in [0.2, 0.25) is 0 Å². The largest absolute Gasteiger partial charge is 0.311 e. The van der Waals surface area contributed by atoms with Gasteiger partial charge in [-0.25, -0.2) is 4.98 Å². The van der Waals surface area contributed by atoms with Gasteiger partial charge in [0.05, 0.1) is 11.9 Å². The van der Waals surface area contributed by atoms with Crippen LogP contribution in [-0.4, -0.2) is 30.1 Å². The summed E-state index contributed by atoms with van der Waals surface area (Å²) >= 11 is 0. The molecule has 0 unspecified atom stereocenters. The SMILES string of the molecule is CC(=O)Nc1cnc2ccc(-c3cn(C)nc3-c3cccc(C)n3)cn12. The van der Waals surface area contributed by atoms with Crippen LogP contribution in [0.5, 0.6) is 0 Å². The lowest BCUT2D eigenvalue weighted by atomic mass is 10.1. The van der Waals surface area contributed by atoms with Crippen molar-refractivity contribution in [2.75, 3.05) is 5.32 Å². The fourth-order valence-electron chi connectivity index (χ4n) is 2.98. The first kappa shape index (κ1) is 16.0. The van der Waals surface area contributed by atoms with Crippen LogP contribution < -0.4 is 5.32 Å². The fraction of sp³-hybridized carbons (Fsp3) is 0.158. The minimum atomic E-state index is -0.136. The smallest absolute Gasteiger partial charge is 0.222 e. The van der Waals surface area contributed by atoms with E-state index in [4.69, 9.17) is 0 Å². The summed E-state index contributed by atoms with van der Waals surface area (Å²) in [4.78, 5) is 20.3. The number of carbonyl (C=O) groups is 1. The molecule has 4 aromatic rings. The monoisotopic (exact) mass is 346 g/mol. The highest BCUT2D eigenvalue weighted by Crippen LogP contribution is 2.30. The molecule has 0 radical (unpaired) electrons. The molecule has 26 heavy (non-hydrogen) atoms. The number of carbonyl (C=O) groups excluding carboxylic acids is 1. The van der Waals surface area contributed by atoms with Gasteiger partial charge in [0.25, 0.3) is 0 Å². The second-order valence-electron chi connectivity index (χ2n) is 6.20. The molecule has 130 valence electrons. The van der Waals surface area contributed by atoms with E-state index in [-0.39, 0.29) is 5.91 Å². The number of hydrogen-bond acceptors (Lipinski definition) is 4.